The molecule has 0 unspecified atom stereocenters. The fraction of sp³-hybridized carbons (Fsp3) is 0.500. The van der Waals surface area contributed by atoms with Gasteiger partial charge in [0, 0.05) is 19.1 Å². The molecule has 6 heteroatoms. The molecule has 1 aliphatic heterocycles. The number of imidazole rings is 1. The van der Waals surface area contributed by atoms with E-state index in [4.69, 9.17) is 0 Å². The number of rotatable bonds is 6. The molecule has 2 amide bonds. The average Bonchev–Trinajstić information content (AvgIpc) is 3.36. The lowest BCUT2D eigenvalue weighted by atomic mass is 10.1. The van der Waals surface area contributed by atoms with Gasteiger partial charge in [0.2, 0.25) is 0 Å². The predicted molar refractivity (Wildman–Crippen MR) is 107 cm³/mol. The highest BCUT2D eigenvalue weighted by atomic mass is 16.2. The van der Waals surface area contributed by atoms with Crippen LogP contribution in [0, 0.1) is 0 Å². The molecule has 2 N–H and O–H groups in total. The SMILES string of the molecule is O=C(NC1CCCC1)c1nc(C(=O)NCCc2ccccc2)n2c1CCCC2. The van der Waals surface area contributed by atoms with Crippen molar-refractivity contribution in [3.63, 3.8) is 0 Å². The van der Waals surface area contributed by atoms with Crippen LogP contribution in [0.1, 0.15) is 70.9 Å². The summed E-state index contributed by atoms with van der Waals surface area (Å²) in [6, 6.07) is 10.3. The standard InChI is InChI=1S/C22H28N4O2/c27-21(24-17-10-4-5-11-17)19-18-12-6-7-15-26(18)20(25-19)22(28)23-14-13-16-8-2-1-3-9-16/h1-3,8-9,17H,4-7,10-15H2,(H,23,28)(H,24,27). The minimum Gasteiger partial charge on any atom is -0.349 e. The fourth-order valence-corrected chi connectivity index (χ4v) is 4.27. The lowest BCUT2D eigenvalue weighted by molar-refractivity contribution is 0.0931. The summed E-state index contributed by atoms with van der Waals surface area (Å²) in [5.41, 5.74) is 2.54. The van der Waals surface area contributed by atoms with Crippen molar-refractivity contribution in [1.29, 1.82) is 0 Å². The number of aromatic nitrogens is 2. The van der Waals surface area contributed by atoms with Crippen LogP contribution in [0.2, 0.25) is 0 Å². The Morgan fingerprint density at radius 3 is 2.61 bits per heavy atom. The van der Waals surface area contributed by atoms with Gasteiger partial charge in [0.1, 0.15) is 5.69 Å². The van der Waals surface area contributed by atoms with Crippen LogP contribution in [0.5, 0.6) is 0 Å². The Kier molecular flexibility index (Phi) is 5.74. The molecule has 1 aromatic carbocycles. The number of benzene rings is 1. The zero-order valence-electron chi connectivity index (χ0n) is 16.2. The predicted octanol–water partition coefficient (Wildman–Crippen LogP) is 2.86. The first kappa shape index (κ1) is 18.7. The van der Waals surface area contributed by atoms with Crippen molar-refractivity contribution in [3.8, 4) is 0 Å². The van der Waals surface area contributed by atoms with Gasteiger partial charge in [-0.15, -0.1) is 0 Å². The highest BCUT2D eigenvalue weighted by Crippen LogP contribution is 2.23. The summed E-state index contributed by atoms with van der Waals surface area (Å²) in [5.74, 6) is 0.0548. The van der Waals surface area contributed by atoms with E-state index in [1.54, 1.807) is 0 Å². The molecule has 0 saturated heterocycles. The molecule has 2 aromatic rings. The van der Waals surface area contributed by atoms with E-state index in [1.165, 1.54) is 18.4 Å². The summed E-state index contributed by atoms with van der Waals surface area (Å²) in [7, 11) is 0. The van der Waals surface area contributed by atoms with Crippen molar-refractivity contribution in [3.05, 3.63) is 53.1 Å². The van der Waals surface area contributed by atoms with Crippen LogP contribution in [0.15, 0.2) is 30.3 Å². The molecule has 1 fully saturated rings. The van der Waals surface area contributed by atoms with E-state index < -0.39 is 0 Å². The van der Waals surface area contributed by atoms with E-state index in [0.717, 1.165) is 50.8 Å². The number of carbonyl (C=O) groups is 2. The highest BCUT2D eigenvalue weighted by Gasteiger charge is 2.28. The van der Waals surface area contributed by atoms with Gasteiger partial charge in [0.25, 0.3) is 11.8 Å². The summed E-state index contributed by atoms with van der Waals surface area (Å²) in [6.45, 7) is 1.30. The first-order valence-electron chi connectivity index (χ1n) is 10.4. The molecular weight excluding hydrogens is 352 g/mol. The second-order valence-electron chi connectivity index (χ2n) is 7.79. The van der Waals surface area contributed by atoms with E-state index in [0.29, 0.717) is 18.1 Å². The van der Waals surface area contributed by atoms with Crippen molar-refractivity contribution >= 4 is 11.8 Å². The molecule has 2 heterocycles. The molecule has 2 aliphatic rings. The van der Waals surface area contributed by atoms with E-state index in [-0.39, 0.29) is 17.9 Å². The van der Waals surface area contributed by atoms with Crippen LogP contribution in [0.4, 0.5) is 0 Å². The van der Waals surface area contributed by atoms with Gasteiger partial charge in [-0.1, -0.05) is 43.2 Å². The lowest BCUT2D eigenvalue weighted by Gasteiger charge is -2.17. The Balaban J connectivity index is 1.46. The van der Waals surface area contributed by atoms with Gasteiger partial charge in [-0.2, -0.15) is 0 Å². The monoisotopic (exact) mass is 380 g/mol. The van der Waals surface area contributed by atoms with Crippen LogP contribution < -0.4 is 10.6 Å². The van der Waals surface area contributed by atoms with Crippen molar-refractivity contribution in [1.82, 2.24) is 20.2 Å². The second kappa shape index (κ2) is 8.59. The quantitative estimate of drug-likeness (QED) is 0.809. The molecule has 4 rings (SSSR count). The van der Waals surface area contributed by atoms with Crippen molar-refractivity contribution in [2.24, 2.45) is 0 Å². The Morgan fingerprint density at radius 2 is 1.82 bits per heavy atom. The third kappa shape index (κ3) is 4.11. The number of nitrogens with zero attached hydrogens (tertiary/aromatic N) is 2. The second-order valence-corrected chi connectivity index (χ2v) is 7.79. The summed E-state index contributed by atoms with van der Waals surface area (Å²) in [4.78, 5) is 30.0. The van der Waals surface area contributed by atoms with Crippen LogP contribution >= 0.6 is 0 Å². The summed E-state index contributed by atoms with van der Waals surface area (Å²) >= 11 is 0. The van der Waals surface area contributed by atoms with Gasteiger partial charge >= 0.3 is 0 Å². The number of fused-ring (bicyclic) bond motifs is 1. The molecule has 1 aromatic heterocycles. The molecule has 148 valence electrons. The Bertz CT molecular complexity index is 838. The van der Waals surface area contributed by atoms with Gasteiger partial charge in [-0.25, -0.2) is 4.98 Å². The zero-order valence-corrected chi connectivity index (χ0v) is 16.2. The maximum Gasteiger partial charge on any atom is 0.287 e. The number of hydrogen-bond donors (Lipinski definition) is 2. The lowest BCUT2D eigenvalue weighted by Crippen LogP contribution is -2.33. The van der Waals surface area contributed by atoms with E-state index in [9.17, 15) is 9.59 Å². The fourth-order valence-electron chi connectivity index (χ4n) is 4.27. The Morgan fingerprint density at radius 1 is 1.04 bits per heavy atom. The molecule has 0 spiro atoms. The minimum absolute atomic E-state index is 0.124. The number of amides is 2. The smallest absolute Gasteiger partial charge is 0.287 e. The number of carbonyl (C=O) groups excluding carboxylic acids is 2. The Hall–Kier alpha value is -2.63. The van der Waals surface area contributed by atoms with Gasteiger partial charge in [0.15, 0.2) is 5.82 Å². The maximum absolute atomic E-state index is 12.8. The average molecular weight is 380 g/mol. The molecule has 0 atom stereocenters. The summed E-state index contributed by atoms with van der Waals surface area (Å²) in [6.07, 6.45) is 8.03. The molecule has 6 nitrogen and oxygen atoms in total. The number of hydrogen-bond acceptors (Lipinski definition) is 3. The normalized spacial score (nSPS) is 16.6. The molecule has 1 saturated carbocycles. The topological polar surface area (TPSA) is 76.0 Å². The van der Waals surface area contributed by atoms with Crippen LogP contribution in [0.3, 0.4) is 0 Å². The highest BCUT2D eigenvalue weighted by molar-refractivity contribution is 5.97. The maximum atomic E-state index is 12.8. The molecule has 1 aliphatic carbocycles. The van der Waals surface area contributed by atoms with Crippen LogP contribution in [-0.2, 0) is 19.4 Å². The van der Waals surface area contributed by atoms with Crippen molar-refractivity contribution in [2.45, 2.75) is 64.0 Å². The van der Waals surface area contributed by atoms with E-state index in [2.05, 4.69) is 27.8 Å². The van der Waals surface area contributed by atoms with Gasteiger partial charge in [-0.05, 0) is 44.1 Å². The molecular formula is C22H28N4O2. The molecule has 0 bridgehead atoms. The third-order valence-electron chi connectivity index (χ3n) is 5.77. The number of nitrogens with one attached hydrogen (secondary N) is 2. The molecule has 28 heavy (non-hydrogen) atoms. The Labute approximate surface area is 165 Å². The van der Waals surface area contributed by atoms with E-state index in [1.807, 2.05) is 22.8 Å². The van der Waals surface area contributed by atoms with Gasteiger partial charge in [0.05, 0.1) is 5.69 Å². The van der Waals surface area contributed by atoms with Crippen LogP contribution in [-0.4, -0.2) is 34.0 Å². The third-order valence-corrected chi connectivity index (χ3v) is 5.77. The summed E-state index contributed by atoms with van der Waals surface area (Å²) < 4.78 is 1.95. The van der Waals surface area contributed by atoms with Gasteiger partial charge in [-0.3, -0.25) is 9.59 Å². The molecule has 0 radical (unpaired) electrons. The minimum atomic E-state index is -0.195. The first-order chi connectivity index (χ1) is 13.7. The first-order valence-corrected chi connectivity index (χ1v) is 10.4. The van der Waals surface area contributed by atoms with Crippen molar-refractivity contribution in [2.75, 3.05) is 6.54 Å². The van der Waals surface area contributed by atoms with Crippen molar-refractivity contribution < 1.29 is 9.59 Å². The summed E-state index contributed by atoms with van der Waals surface area (Å²) in [5, 5.41) is 6.08. The zero-order chi connectivity index (χ0) is 19.3. The largest absolute Gasteiger partial charge is 0.349 e. The van der Waals surface area contributed by atoms with Gasteiger partial charge < -0.3 is 15.2 Å². The van der Waals surface area contributed by atoms with E-state index >= 15 is 0 Å². The van der Waals surface area contributed by atoms with Crippen LogP contribution in [0.25, 0.3) is 0 Å².